The third-order valence-corrected chi connectivity index (χ3v) is 6.27. The van der Waals surface area contributed by atoms with Gasteiger partial charge in [0.1, 0.15) is 0 Å². The van der Waals surface area contributed by atoms with E-state index in [0.29, 0.717) is 5.82 Å². The van der Waals surface area contributed by atoms with Crippen LogP contribution < -0.4 is 0 Å². The molecule has 9 heteroatoms. The summed E-state index contributed by atoms with van der Waals surface area (Å²) in [6.45, 7) is -0.0145. The van der Waals surface area contributed by atoms with Gasteiger partial charge in [0.2, 0.25) is 21.7 Å². The Hall–Kier alpha value is -1.55. The van der Waals surface area contributed by atoms with Crippen molar-refractivity contribution in [2.75, 3.05) is 7.05 Å². The van der Waals surface area contributed by atoms with E-state index in [9.17, 15) is 8.42 Å². The Balaban J connectivity index is 1.79. The summed E-state index contributed by atoms with van der Waals surface area (Å²) in [5, 5.41) is 3.91. The van der Waals surface area contributed by atoms with Crippen LogP contribution in [0, 0.1) is 0 Å². The summed E-state index contributed by atoms with van der Waals surface area (Å²) >= 11 is 6.67. The standard InChI is InChI=1S/C16H13Br2N3O3S/c1-21(25(22,23)14-7-5-12(17)6-8-14)10-15-19-16(20-24-15)11-3-2-4-13(18)9-11/h2-9H,10H2,1H3. The highest BCUT2D eigenvalue weighted by atomic mass is 79.9. The molecule has 0 N–H and O–H groups in total. The highest BCUT2D eigenvalue weighted by molar-refractivity contribution is 9.10. The number of sulfonamides is 1. The highest BCUT2D eigenvalue weighted by Gasteiger charge is 2.23. The van der Waals surface area contributed by atoms with Gasteiger partial charge in [-0.3, -0.25) is 0 Å². The molecule has 0 radical (unpaired) electrons. The fourth-order valence-corrected chi connectivity index (χ4v) is 3.91. The van der Waals surface area contributed by atoms with E-state index in [1.165, 1.54) is 23.5 Å². The molecular formula is C16H13Br2N3O3S. The monoisotopic (exact) mass is 485 g/mol. The van der Waals surface area contributed by atoms with Gasteiger partial charge < -0.3 is 4.52 Å². The fourth-order valence-electron chi connectivity index (χ4n) is 2.13. The molecule has 0 unspecified atom stereocenters. The van der Waals surface area contributed by atoms with Crippen molar-refractivity contribution in [3.8, 4) is 11.4 Å². The van der Waals surface area contributed by atoms with Crippen LogP contribution in [0.25, 0.3) is 11.4 Å². The van der Waals surface area contributed by atoms with Gasteiger partial charge in [-0.1, -0.05) is 49.1 Å². The van der Waals surface area contributed by atoms with Crippen molar-refractivity contribution in [1.29, 1.82) is 0 Å². The predicted octanol–water partition coefficient (Wildman–Crippen LogP) is 4.08. The molecule has 0 bridgehead atoms. The maximum absolute atomic E-state index is 12.6. The van der Waals surface area contributed by atoms with Gasteiger partial charge in [0.25, 0.3) is 0 Å². The Morgan fingerprint density at radius 3 is 2.48 bits per heavy atom. The first-order valence-corrected chi connectivity index (χ1v) is 10.2. The van der Waals surface area contributed by atoms with Crippen LogP contribution in [-0.4, -0.2) is 29.9 Å². The zero-order chi connectivity index (χ0) is 18.0. The van der Waals surface area contributed by atoms with Crippen molar-refractivity contribution in [3.63, 3.8) is 0 Å². The Morgan fingerprint density at radius 2 is 1.80 bits per heavy atom. The molecule has 6 nitrogen and oxygen atoms in total. The van der Waals surface area contributed by atoms with Crippen molar-refractivity contribution in [2.24, 2.45) is 0 Å². The lowest BCUT2D eigenvalue weighted by atomic mass is 10.2. The summed E-state index contributed by atoms with van der Waals surface area (Å²) in [4.78, 5) is 4.47. The number of benzene rings is 2. The van der Waals surface area contributed by atoms with Crippen molar-refractivity contribution < 1.29 is 12.9 Å². The fraction of sp³-hybridized carbons (Fsp3) is 0.125. The Bertz CT molecular complexity index is 988. The van der Waals surface area contributed by atoms with Crippen LogP contribution in [0.2, 0.25) is 0 Å². The molecule has 3 aromatic rings. The molecule has 3 rings (SSSR count). The van der Waals surface area contributed by atoms with Crippen LogP contribution in [-0.2, 0) is 16.6 Å². The van der Waals surface area contributed by atoms with Gasteiger partial charge in [0.15, 0.2) is 0 Å². The molecule has 1 aromatic heterocycles. The van der Waals surface area contributed by atoms with Crippen molar-refractivity contribution in [2.45, 2.75) is 11.4 Å². The summed E-state index contributed by atoms with van der Waals surface area (Å²) in [5.41, 5.74) is 0.780. The molecule has 130 valence electrons. The highest BCUT2D eigenvalue weighted by Crippen LogP contribution is 2.22. The first kappa shape index (κ1) is 18.2. The van der Waals surface area contributed by atoms with Gasteiger partial charge in [-0.05, 0) is 36.4 Å². The number of hydrogen-bond acceptors (Lipinski definition) is 5. The lowest BCUT2D eigenvalue weighted by Crippen LogP contribution is -2.26. The van der Waals surface area contributed by atoms with Crippen LogP contribution in [0.4, 0.5) is 0 Å². The normalized spacial score (nSPS) is 11.8. The minimum absolute atomic E-state index is 0.0145. The lowest BCUT2D eigenvalue weighted by molar-refractivity contribution is 0.337. The Labute approximate surface area is 162 Å². The molecule has 25 heavy (non-hydrogen) atoms. The smallest absolute Gasteiger partial charge is 0.243 e. The Kier molecular flexibility index (Phi) is 5.38. The minimum atomic E-state index is -3.64. The van der Waals surface area contributed by atoms with Gasteiger partial charge in [0, 0.05) is 21.6 Å². The zero-order valence-electron chi connectivity index (χ0n) is 13.1. The van der Waals surface area contributed by atoms with Gasteiger partial charge in [-0.15, -0.1) is 0 Å². The summed E-state index contributed by atoms with van der Waals surface area (Å²) in [5.74, 6) is 0.629. The molecule has 0 aliphatic carbocycles. The number of aromatic nitrogens is 2. The van der Waals surface area contributed by atoms with E-state index in [1.807, 2.05) is 24.3 Å². The second-order valence-electron chi connectivity index (χ2n) is 5.24. The summed E-state index contributed by atoms with van der Waals surface area (Å²) < 4.78 is 33.2. The molecule has 0 amide bonds. The van der Waals surface area contributed by atoms with Crippen LogP contribution in [0.3, 0.4) is 0 Å². The molecule has 1 heterocycles. The summed E-state index contributed by atoms with van der Waals surface area (Å²) in [7, 11) is -2.17. The number of hydrogen-bond donors (Lipinski definition) is 0. The van der Waals surface area contributed by atoms with Gasteiger partial charge in [-0.2, -0.15) is 9.29 Å². The van der Waals surface area contributed by atoms with E-state index in [4.69, 9.17) is 4.52 Å². The zero-order valence-corrected chi connectivity index (χ0v) is 17.0. The molecular weight excluding hydrogens is 474 g/mol. The van der Waals surface area contributed by atoms with Crippen LogP contribution in [0.15, 0.2) is 66.9 Å². The average molecular weight is 487 g/mol. The molecule has 0 aliphatic rings. The molecule has 2 aromatic carbocycles. The van der Waals surface area contributed by atoms with E-state index >= 15 is 0 Å². The third-order valence-electron chi connectivity index (χ3n) is 3.43. The van der Waals surface area contributed by atoms with Crippen molar-refractivity contribution in [1.82, 2.24) is 14.4 Å². The maximum atomic E-state index is 12.6. The quantitative estimate of drug-likeness (QED) is 0.543. The van der Waals surface area contributed by atoms with Gasteiger partial charge in [-0.25, -0.2) is 8.42 Å². The van der Waals surface area contributed by atoms with E-state index in [2.05, 4.69) is 42.0 Å². The molecule has 0 aliphatic heterocycles. The average Bonchev–Trinajstić information content (AvgIpc) is 3.04. The van der Waals surface area contributed by atoms with Crippen molar-refractivity contribution in [3.05, 3.63) is 63.4 Å². The second kappa shape index (κ2) is 7.36. The molecule has 0 saturated heterocycles. The van der Waals surface area contributed by atoms with E-state index in [1.54, 1.807) is 12.1 Å². The number of nitrogens with zero attached hydrogens (tertiary/aromatic N) is 3. The first-order chi connectivity index (χ1) is 11.9. The third kappa shape index (κ3) is 4.17. The first-order valence-electron chi connectivity index (χ1n) is 7.17. The lowest BCUT2D eigenvalue weighted by Gasteiger charge is -2.15. The molecule has 0 saturated carbocycles. The van der Waals surface area contributed by atoms with E-state index < -0.39 is 10.0 Å². The minimum Gasteiger partial charge on any atom is -0.338 e. The van der Waals surface area contributed by atoms with E-state index in [0.717, 1.165) is 14.5 Å². The van der Waals surface area contributed by atoms with Crippen LogP contribution >= 0.6 is 31.9 Å². The topological polar surface area (TPSA) is 76.3 Å². The molecule has 0 fully saturated rings. The predicted molar refractivity (Wildman–Crippen MR) is 100 cm³/mol. The van der Waals surface area contributed by atoms with E-state index in [-0.39, 0.29) is 17.3 Å². The Morgan fingerprint density at radius 1 is 1.08 bits per heavy atom. The van der Waals surface area contributed by atoms with Gasteiger partial charge in [0.05, 0.1) is 11.4 Å². The molecule has 0 atom stereocenters. The second-order valence-corrected chi connectivity index (χ2v) is 9.11. The number of halogens is 2. The maximum Gasteiger partial charge on any atom is 0.243 e. The van der Waals surface area contributed by atoms with Crippen LogP contribution in [0.1, 0.15) is 5.89 Å². The largest absolute Gasteiger partial charge is 0.338 e. The van der Waals surface area contributed by atoms with Gasteiger partial charge >= 0.3 is 0 Å². The SMILES string of the molecule is CN(Cc1nc(-c2cccc(Br)c2)no1)S(=O)(=O)c1ccc(Br)cc1. The summed E-state index contributed by atoms with van der Waals surface area (Å²) in [6, 6.07) is 13.9. The molecule has 0 spiro atoms. The van der Waals surface area contributed by atoms with Crippen LogP contribution in [0.5, 0.6) is 0 Å². The van der Waals surface area contributed by atoms with Crippen molar-refractivity contribution >= 4 is 41.9 Å². The summed E-state index contributed by atoms with van der Waals surface area (Å²) in [6.07, 6.45) is 0. The number of rotatable bonds is 5.